The smallest absolute Gasteiger partial charge is 0.231 e. The Kier molecular flexibility index (Phi) is 4.40. The van der Waals surface area contributed by atoms with Crippen molar-refractivity contribution in [2.45, 2.75) is 19.8 Å². The van der Waals surface area contributed by atoms with Crippen LogP contribution in [0.15, 0.2) is 35.7 Å². The SMILES string of the molecule is CCNc1cc2c(cc1C)C(c1cc(OC)c3c(c1)OCO3)C(C#N)=C(N)O2. The number of methoxy groups -OCH3 is 1. The van der Waals surface area contributed by atoms with E-state index in [4.69, 9.17) is 24.7 Å². The van der Waals surface area contributed by atoms with Crippen LogP contribution in [-0.2, 0) is 0 Å². The molecular weight excluding hydrogens is 358 g/mol. The van der Waals surface area contributed by atoms with E-state index in [1.165, 1.54) is 0 Å². The van der Waals surface area contributed by atoms with Gasteiger partial charge in [-0.15, -0.1) is 0 Å². The summed E-state index contributed by atoms with van der Waals surface area (Å²) >= 11 is 0. The summed E-state index contributed by atoms with van der Waals surface area (Å²) in [7, 11) is 1.57. The lowest BCUT2D eigenvalue weighted by Gasteiger charge is -2.28. The monoisotopic (exact) mass is 379 g/mol. The van der Waals surface area contributed by atoms with E-state index in [1.807, 2.05) is 38.1 Å². The maximum Gasteiger partial charge on any atom is 0.231 e. The second-order valence-electron chi connectivity index (χ2n) is 6.62. The van der Waals surface area contributed by atoms with Crippen molar-refractivity contribution in [2.24, 2.45) is 5.73 Å². The van der Waals surface area contributed by atoms with E-state index in [9.17, 15) is 5.26 Å². The maximum absolute atomic E-state index is 9.78. The highest BCUT2D eigenvalue weighted by Crippen LogP contribution is 2.49. The predicted molar refractivity (Wildman–Crippen MR) is 104 cm³/mol. The van der Waals surface area contributed by atoms with Crippen molar-refractivity contribution in [2.75, 3.05) is 25.8 Å². The van der Waals surface area contributed by atoms with Crippen LogP contribution in [0.5, 0.6) is 23.0 Å². The Balaban J connectivity index is 1.91. The lowest BCUT2D eigenvalue weighted by atomic mass is 9.82. The Hall–Kier alpha value is -3.53. The van der Waals surface area contributed by atoms with Gasteiger partial charge in [0.25, 0.3) is 0 Å². The summed E-state index contributed by atoms with van der Waals surface area (Å²) in [5.41, 5.74) is 10.2. The molecule has 2 aliphatic heterocycles. The largest absolute Gasteiger partial charge is 0.493 e. The number of nitrogens with zero attached hydrogens (tertiary/aromatic N) is 1. The number of nitrogens with two attached hydrogens (primary N) is 1. The third-order valence-corrected chi connectivity index (χ3v) is 4.94. The minimum absolute atomic E-state index is 0.0999. The summed E-state index contributed by atoms with van der Waals surface area (Å²) in [5, 5.41) is 13.1. The third-order valence-electron chi connectivity index (χ3n) is 4.94. The van der Waals surface area contributed by atoms with Crippen LogP contribution in [0.2, 0.25) is 0 Å². The molecule has 1 atom stereocenters. The summed E-state index contributed by atoms with van der Waals surface area (Å²) in [4.78, 5) is 0. The van der Waals surface area contributed by atoms with Gasteiger partial charge in [-0.1, -0.05) is 0 Å². The minimum Gasteiger partial charge on any atom is -0.493 e. The molecule has 0 amide bonds. The highest BCUT2D eigenvalue weighted by atomic mass is 16.7. The van der Waals surface area contributed by atoms with Gasteiger partial charge in [0.1, 0.15) is 17.4 Å². The topological polar surface area (TPSA) is 98.8 Å². The molecule has 2 heterocycles. The summed E-state index contributed by atoms with van der Waals surface area (Å²) in [6.45, 7) is 4.97. The zero-order chi connectivity index (χ0) is 19.8. The van der Waals surface area contributed by atoms with Gasteiger partial charge in [-0.3, -0.25) is 0 Å². The molecule has 0 saturated carbocycles. The first-order chi connectivity index (χ1) is 13.6. The first-order valence-corrected chi connectivity index (χ1v) is 9.00. The maximum atomic E-state index is 9.78. The lowest BCUT2D eigenvalue weighted by Crippen LogP contribution is -2.21. The average Bonchev–Trinajstić information content (AvgIpc) is 3.16. The number of nitriles is 1. The number of hydrogen-bond acceptors (Lipinski definition) is 7. The van der Waals surface area contributed by atoms with Crippen molar-refractivity contribution in [1.29, 1.82) is 5.26 Å². The summed E-state index contributed by atoms with van der Waals surface area (Å²) in [6, 6.07) is 9.87. The van der Waals surface area contributed by atoms with Crippen LogP contribution in [0, 0.1) is 18.3 Å². The standard InChI is InChI=1S/C21H21N3O4/c1-4-24-15-8-16-13(5-11(15)2)19(14(9-22)21(23)28-16)12-6-17(25-3)20-18(7-12)26-10-27-20/h5-8,19,24H,4,10,23H2,1-3H3. The molecule has 0 aliphatic carbocycles. The normalized spacial score (nSPS) is 16.9. The predicted octanol–water partition coefficient (Wildman–Crippen LogP) is 3.38. The number of hydrogen-bond donors (Lipinski definition) is 2. The Morgan fingerprint density at radius 3 is 2.79 bits per heavy atom. The van der Waals surface area contributed by atoms with Crippen LogP contribution in [0.4, 0.5) is 5.69 Å². The second-order valence-corrected chi connectivity index (χ2v) is 6.62. The van der Waals surface area contributed by atoms with Crippen LogP contribution in [-0.4, -0.2) is 20.4 Å². The van der Waals surface area contributed by atoms with Crippen molar-refractivity contribution in [3.05, 3.63) is 52.4 Å². The van der Waals surface area contributed by atoms with E-state index in [-0.39, 0.29) is 12.7 Å². The molecule has 0 saturated heterocycles. The van der Waals surface area contributed by atoms with Gasteiger partial charge in [-0.2, -0.15) is 5.26 Å². The van der Waals surface area contributed by atoms with Crippen molar-refractivity contribution in [3.63, 3.8) is 0 Å². The number of fused-ring (bicyclic) bond motifs is 2. The molecule has 7 nitrogen and oxygen atoms in total. The highest BCUT2D eigenvalue weighted by Gasteiger charge is 2.33. The molecule has 144 valence electrons. The molecule has 0 radical (unpaired) electrons. The molecule has 0 aromatic heterocycles. The van der Waals surface area contributed by atoms with Crippen LogP contribution in [0.25, 0.3) is 0 Å². The van der Waals surface area contributed by atoms with Crippen LogP contribution < -0.4 is 30.0 Å². The molecule has 7 heteroatoms. The zero-order valence-corrected chi connectivity index (χ0v) is 16.0. The fraction of sp³-hybridized carbons (Fsp3) is 0.286. The number of rotatable bonds is 4. The lowest BCUT2D eigenvalue weighted by molar-refractivity contribution is 0.171. The number of ether oxygens (including phenoxy) is 4. The van der Waals surface area contributed by atoms with E-state index in [0.29, 0.717) is 28.6 Å². The molecule has 2 aliphatic rings. The Morgan fingerprint density at radius 1 is 1.25 bits per heavy atom. The second kappa shape index (κ2) is 6.89. The fourth-order valence-electron chi connectivity index (χ4n) is 3.66. The van der Waals surface area contributed by atoms with E-state index in [1.54, 1.807) is 7.11 Å². The average molecular weight is 379 g/mol. The number of allylic oxidation sites excluding steroid dienone is 1. The number of nitrogens with one attached hydrogen (secondary N) is 1. The van der Waals surface area contributed by atoms with E-state index in [0.717, 1.165) is 28.9 Å². The van der Waals surface area contributed by atoms with E-state index in [2.05, 4.69) is 11.4 Å². The van der Waals surface area contributed by atoms with Crippen molar-refractivity contribution >= 4 is 5.69 Å². The van der Waals surface area contributed by atoms with Crippen LogP contribution in [0.3, 0.4) is 0 Å². The van der Waals surface area contributed by atoms with Gasteiger partial charge in [-0.25, -0.2) is 0 Å². The summed E-state index contributed by atoms with van der Waals surface area (Å²) in [5.74, 6) is 2.02. The molecule has 0 spiro atoms. The first kappa shape index (κ1) is 17.9. The van der Waals surface area contributed by atoms with Gasteiger partial charge in [0.15, 0.2) is 11.5 Å². The molecule has 0 fully saturated rings. The van der Waals surface area contributed by atoms with Crippen molar-refractivity contribution in [3.8, 4) is 29.1 Å². The molecule has 3 N–H and O–H groups in total. The van der Waals surface area contributed by atoms with Gasteiger partial charge >= 0.3 is 0 Å². The van der Waals surface area contributed by atoms with E-state index < -0.39 is 5.92 Å². The molecule has 2 aromatic carbocycles. The first-order valence-electron chi connectivity index (χ1n) is 9.00. The van der Waals surface area contributed by atoms with Gasteiger partial charge in [0.05, 0.1) is 13.0 Å². The Labute approximate surface area is 163 Å². The zero-order valence-electron chi connectivity index (χ0n) is 16.0. The third kappa shape index (κ3) is 2.74. The number of aryl methyl sites for hydroxylation is 1. The summed E-state index contributed by atoms with van der Waals surface area (Å²) < 4.78 is 22.3. The van der Waals surface area contributed by atoms with Crippen molar-refractivity contribution in [1.82, 2.24) is 0 Å². The van der Waals surface area contributed by atoms with Gasteiger partial charge in [0.2, 0.25) is 18.4 Å². The highest BCUT2D eigenvalue weighted by molar-refractivity contribution is 5.66. The summed E-state index contributed by atoms with van der Waals surface area (Å²) in [6.07, 6.45) is 0. The molecule has 1 unspecified atom stereocenters. The van der Waals surface area contributed by atoms with Gasteiger partial charge < -0.3 is 30.0 Å². The van der Waals surface area contributed by atoms with Gasteiger partial charge in [-0.05, 0) is 43.2 Å². The molecule has 28 heavy (non-hydrogen) atoms. The number of anilines is 1. The molecule has 2 aromatic rings. The molecule has 0 bridgehead atoms. The Morgan fingerprint density at radius 2 is 2.07 bits per heavy atom. The van der Waals surface area contributed by atoms with Crippen molar-refractivity contribution < 1.29 is 18.9 Å². The van der Waals surface area contributed by atoms with Crippen LogP contribution >= 0.6 is 0 Å². The van der Waals surface area contributed by atoms with Gasteiger partial charge in [0, 0.05) is 23.9 Å². The molecule has 4 rings (SSSR count). The van der Waals surface area contributed by atoms with E-state index >= 15 is 0 Å². The number of benzene rings is 2. The minimum atomic E-state index is -0.397. The Bertz CT molecular complexity index is 1020. The van der Waals surface area contributed by atoms with Crippen LogP contribution in [0.1, 0.15) is 29.5 Å². The molecular formula is C21H21N3O4. The quantitative estimate of drug-likeness (QED) is 0.840. The fourth-order valence-corrected chi connectivity index (χ4v) is 3.66.